The molecule has 0 aromatic heterocycles. The Hall–Kier alpha value is -0.610. The second kappa shape index (κ2) is 11.5. The van der Waals surface area contributed by atoms with Crippen LogP contribution in [0, 0.1) is 0 Å². The number of amides is 1. The van der Waals surface area contributed by atoms with E-state index in [1.807, 2.05) is 6.92 Å². The Morgan fingerprint density at radius 2 is 1.67 bits per heavy atom. The summed E-state index contributed by atoms with van der Waals surface area (Å²) in [4.78, 5) is 11.1. The third-order valence-corrected chi connectivity index (χ3v) is 1.77. The highest BCUT2D eigenvalue weighted by Crippen LogP contribution is 1.86. The molecule has 1 amide bonds. The highest BCUT2D eigenvalue weighted by Gasteiger charge is 1.98. The molecule has 0 saturated heterocycles. The fourth-order valence-corrected chi connectivity index (χ4v) is 0.984. The van der Waals surface area contributed by atoms with Gasteiger partial charge in [0.2, 0.25) is 5.91 Å². The molecule has 0 atom stereocenters. The summed E-state index contributed by atoms with van der Waals surface area (Å²) >= 11 is 0. The van der Waals surface area contributed by atoms with Crippen molar-refractivity contribution >= 4 is 5.91 Å². The normalized spacial score (nSPS) is 10.3. The zero-order valence-electron chi connectivity index (χ0n) is 9.88. The first-order chi connectivity index (χ1) is 7.31. The number of hydrogen-bond donors (Lipinski definition) is 1. The molecule has 0 fully saturated rings. The van der Waals surface area contributed by atoms with Crippen LogP contribution in [0.2, 0.25) is 0 Å². The van der Waals surface area contributed by atoms with Crippen molar-refractivity contribution in [3.8, 4) is 0 Å². The van der Waals surface area contributed by atoms with Gasteiger partial charge in [-0.05, 0) is 12.8 Å². The van der Waals surface area contributed by atoms with E-state index in [0.717, 1.165) is 26.0 Å². The Kier molecular flexibility index (Phi) is 11.0. The summed E-state index contributed by atoms with van der Waals surface area (Å²) in [7, 11) is 0. The molecule has 0 heterocycles. The number of carbonyl (C=O) groups excluding carboxylic acids is 1. The van der Waals surface area contributed by atoms with Crippen molar-refractivity contribution in [1.82, 2.24) is 5.32 Å². The average Bonchev–Trinajstić information content (AvgIpc) is 2.25. The van der Waals surface area contributed by atoms with Crippen LogP contribution in [-0.4, -0.2) is 38.9 Å². The molecule has 1 N–H and O–H groups in total. The Bertz CT molecular complexity index is 151. The zero-order valence-corrected chi connectivity index (χ0v) is 9.88. The van der Waals surface area contributed by atoms with Crippen molar-refractivity contribution in [3.05, 3.63) is 0 Å². The van der Waals surface area contributed by atoms with E-state index in [1.165, 1.54) is 0 Å². The van der Waals surface area contributed by atoms with Gasteiger partial charge in [-0.3, -0.25) is 4.79 Å². The van der Waals surface area contributed by atoms with Crippen LogP contribution in [0.1, 0.15) is 33.1 Å². The predicted molar refractivity (Wildman–Crippen MR) is 59.8 cm³/mol. The molecule has 0 rings (SSSR count). The van der Waals surface area contributed by atoms with Crippen molar-refractivity contribution in [3.63, 3.8) is 0 Å². The van der Waals surface area contributed by atoms with E-state index in [1.54, 1.807) is 0 Å². The van der Waals surface area contributed by atoms with Crippen LogP contribution in [0.15, 0.2) is 0 Å². The second-order valence-electron chi connectivity index (χ2n) is 3.32. The molecular formula is C11H23NO3. The molecule has 0 aromatic carbocycles. The van der Waals surface area contributed by atoms with Gasteiger partial charge in [0.15, 0.2) is 0 Å². The van der Waals surface area contributed by atoms with E-state index in [2.05, 4.69) is 12.2 Å². The van der Waals surface area contributed by atoms with Gasteiger partial charge in [0.05, 0.1) is 19.8 Å². The van der Waals surface area contributed by atoms with E-state index in [-0.39, 0.29) is 5.91 Å². The minimum absolute atomic E-state index is 0.0614. The topological polar surface area (TPSA) is 47.6 Å². The first-order valence-corrected chi connectivity index (χ1v) is 5.73. The van der Waals surface area contributed by atoms with Crippen LogP contribution < -0.4 is 5.32 Å². The van der Waals surface area contributed by atoms with Gasteiger partial charge in [-0.1, -0.05) is 13.8 Å². The summed E-state index contributed by atoms with van der Waals surface area (Å²) in [6.45, 7) is 7.29. The van der Waals surface area contributed by atoms with Gasteiger partial charge < -0.3 is 14.8 Å². The summed E-state index contributed by atoms with van der Waals surface area (Å²) in [6, 6.07) is 0. The summed E-state index contributed by atoms with van der Waals surface area (Å²) in [5.41, 5.74) is 0. The quantitative estimate of drug-likeness (QED) is 0.562. The lowest BCUT2D eigenvalue weighted by Gasteiger charge is -2.05. The molecule has 4 heteroatoms. The van der Waals surface area contributed by atoms with Crippen LogP contribution in [0.4, 0.5) is 0 Å². The van der Waals surface area contributed by atoms with Crippen LogP contribution in [0.25, 0.3) is 0 Å². The van der Waals surface area contributed by atoms with Gasteiger partial charge in [0, 0.05) is 19.6 Å². The van der Waals surface area contributed by atoms with Gasteiger partial charge in [0.25, 0.3) is 0 Å². The fourth-order valence-electron chi connectivity index (χ4n) is 0.984. The van der Waals surface area contributed by atoms with Crippen molar-refractivity contribution in [2.45, 2.75) is 33.1 Å². The minimum atomic E-state index is 0.0614. The van der Waals surface area contributed by atoms with Gasteiger partial charge in [0.1, 0.15) is 0 Å². The number of ether oxygens (including phenoxy) is 2. The van der Waals surface area contributed by atoms with E-state index < -0.39 is 0 Å². The van der Waals surface area contributed by atoms with E-state index >= 15 is 0 Å². The van der Waals surface area contributed by atoms with E-state index in [9.17, 15) is 4.79 Å². The molecule has 0 aliphatic heterocycles. The molecule has 0 aliphatic carbocycles. The van der Waals surface area contributed by atoms with Gasteiger partial charge in [-0.15, -0.1) is 0 Å². The predicted octanol–water partition coefficient (Wildman–Crippen LogP) is 1.35. The molecule has 0 bridgehead atoms. The maximum absolute atomic E-state index is 11.1. The standard InChI is InChI=1S/C11H23NO3/c1-3-6-12-11(13)5-8-15-10-9-14-7-4-2/h3-10H2,1-2H3,(H,12,13). The van der Waals surface area contributed by atoms with Crippen molar-refractivity contribution in [2.75, 3.05) is 33.0 Å². The fraction of sp³-hybridized carbons (Fsp3) is 0.909. The first kappa shape index (κ1) is 14.4. The Morgan fingerprint density at radius 1 is 1.00 bits per heavy atom. The molecule has 90 valence electrons. The number of carbonyl (C=O) groups is 1. The third kappa shape index (κ3) is 11.3. The summed E-state index contributed by atoms with van der Waals surface area (Å²) in [5, 5.41) is 2.79. The van der Waals surface area contributed by atoms with Gasteiger partial charge in [-0.2, -0.15) is 0 Å². The molecule has 0 spiro atoms. The monoisotopic (exact) mass is 217 g/mol. The molecular weight excluding hydrogens is 194 g/mol. The number of rotatable bonds is 10. The van der Waals surface area contributed by atoms with Gasteiger partial charge in [-0.25, -0.2) is 0 Å². The van der Waals surface area contributed by atoms with Crippen LogP contribution in [0.3, 0.4) is 0 Å². The van der Waals surface area contributed by atoms with E-state index in [0.29, 0.717) is 26.2 Å². The zero-order chi connectivity index (χ0) is 11.4. The third-order valence-electron chi connectivity index (χ3n) is 1.77. The highest BCUT2D eigenvalue weighted by atomic mass is 16.5. The molecule has 0 radical (unpaired) electrons. The largest absolute Gasteiger partial charge is 0.379 e. The number of nitrogens with one attached hydrogen (secondary N) is 1. The Balaban J connectivity index is 3.06. The molecule has 0 aromatic rings. The van der Waals surface area contributed by atoms with Crippen molar-refractivity contribution < 1.29 is 14.3 Å². The molecule has 0 saturated carbocycles. The SMILES string of the molecule is CCCNC(=O)CCOCCOCCC. The smallest absolute Gasteiger partial charge is 0.222 e. The van der Waals surface area contributed by atoms with Crippen LogP contribution in [0.5, 0.6) is 0 Å². The summed E-state index contributed by atoms with van der Waals surface area (Å²) < 4.78 is 10.5. The van der Waals surface area contributed by atoms with Crippen LogP contribution >= 0.6 is 0 Å². The minimum Gasteiger partial charge on any atom is -0.379 e. The average molecular weight is 217 g/mol. The number of hydrogen-bond acceptors (Lipinski definition) is 3. The van der Waals surface area contributed by atoms with Crippen molar-refractivity contribution in [2.24, 2.45) is 0 Å². The van der Waals surface area contributed by atoms with Crippen LogP contribution in [-0.2, 0) is 14.3 Å². The lowest BCUT2D eigenvalue weighted by Crippen LogP contribution is -2.25. The Labute approximate surface area is 92.3 Å². The molecule has 0 aliphatic rings. The summed E-state index contributed by atoms with van der Waals surface area (Å²) in [5.74, 6) is 0.0614. The first-order valence-electron chi connectivity index (χ1n) is 5.73. The maximum Gasteiger partial charge on any atom is 0.222 e. The lowest BCUT2D eigenvalue weighted by molar-refractivity contribution is -0.122. The van der Waals surface area contributed by atoms with E-state index in [4.69, 9.17) is 9.47 Å². The lowest BCUT2D eigenvalue weighted by atomic mass is 10.4. The molecule has 0 unspecified atom stereocenters. The molecule has 15 heavy (non-hydrogen) atoms. The maximum atomic E-state index is 11.1. The van der Waals surface area contributed by atoms with Gasteiger partial charge >= 0.3 is 0 Å². The second-order valence-corrected chi connectivity index (χ2v) is 3.32. The summed E-state index contributed by atoms with van der Waals surface area (Å²) in [6.07, 6.45) is 2.44. The Morgan fingerprint density at radius 3 is 2.27 bits per heavy atom. The molecule has 4 nitrogen and oxygen atoms in total. The van der Waals surface area contributed by atoms with Crippen molar-refractivity contribution in [1.29, 1.82) is 0 Å². The highest BCUT2D eigenvalue weighted by molar-refractivity contribution is 5.75.